The molecule has 1 aromatic carbocycles. The zero-order valence-electron chi connectivity index (χ0n) is 14.8. The fourth-order valence-corrected chi connectivity index (χ4v) is 3.94. The Morgan fingerprint density at radius 1 is 1.20 bits per heavy atom. The number of benzene rings is 1. The highest BCUT2D eigenvalue weighted by Crippen LogP contribution is 2.36. The minimum Gasteiger partial charge on any atom is -0.495 e. The minimum atomic E-state index is 0.0147. The number of piperazine rings is 1. The first-order valence-corrected chi connectivity index (χ1v) is 9.46. The van der Waals surface area contributed by atoms with Crippen molar-refractivity contribution in [1.82, 2.24) is 9.80 Å². The van der Waals surface area contributed by atoms with Gasteiger partial charge in [0, 0.05) is 44.9 Å². The van der Waals surface area contributed by atoms with Gasteiger partial charge in [-0.3, -0.25) is 9.69 Å². The molecule has 2 heterocycles. The molecule has 1 aromatic rings. The number of hydrogen-bond acceptors (Lipinski definition) is 5. The lowest BCUT2D eigenvalue weighted by Crippen LogP contribution is -2.50. The molecular weight excluding hydrogens is 388 g/mol. The molecule has 0 spiro atoms. The molecule has 0 aromatic heterocycles. The van der Waals surface area contributed by atoms with E-state index in [1.54, 1.807) is 26.4 Å². The maximum atomic E-state index is 12.9. The highest BCUT2D eigenvalue weighted by Gasteiger charge is 2.26. The third-order valence-electron chi connectivity index (χ3n) is 4.84. The Morgan fingerprint density at radius 3 is 2.36 bits per heavy atom. The van der Waals surface area contributed by atoms with Gasteiger partial charge >= 0.3 is 0 Å². The van der Waals surface area contributed by atoms with Crippen molar-refractivity contribution in [3.8, 4) is 11.5 Å². The number of carbonyl (C=O) groups is 1. The lowest BCUT2D eigenvalue weighted by atomic mass is 10.1. The fraction of sp³-hybridized carbons (Fsp3) is 0.611. The lowest BCUT2D eigenvalue weighted by Gasteiger charge is -2.35. The molecule has 1 unspecified atom stereocenters. The van der Waals surface area contributed by atoms with Crippen LogP contribution in [-0.2, 0) is 4.74 Å². The van der Waals surface area contributed by atoms with Crippen LogP contribution in [0.1, 0.15) is 23.2 Å². The monoisotopic (exact) mass is 412 g/mol. The van der Waals surface area contributed by atoms with E-state index < -0.39 is 0 Å². The summed E-state index contributed by atoms with van der Waals surface area (Å²) in [7, 11) is 3.16. The highest BCUT2D eigenvalue weighted by molar-refractivity contribution is 9.10. The third-order valence-corrected chi connectivity index (χ3v) is 5.62. The minimum absolute atomic E-state index is 0.0147. The molecule has 0 radical (unpaired) electrons. The first-order valence-electron chi connectivity index (χ1n) is 8.67. The molecule has 1 atom stereocenters. The first kappa shape index (κ1) is 18.5. The summed E-state index contributed by atoms with van der Waals surface area (Å²) in [6, 6.07) is 3.52. The Bertz CT molecular complexity index is 586. The van der Waals surface area contributed by atoms with Crippen LogP contribution in [0.2, 0.25) is 0 Å². The summed E-state index contributed by atoms with van der Waals surface area (Å²) in [6.45, 7) is 5.09. The molecule has 7 heteroatoms. The summed E-state index contributed by atoms with van der Waals surface area (Å²) in [5.74, 6) is 1.21. The molecule has 2 aliphatic rings. The molecule has 138 valence electrons. The standard InChI is InChI=1S/C18H25BrN2O4/c1-23-15-10-13(11-16(24-2)17(15)19)18(22)21-7-5-20(6-8-21)12-14-4-3-9-25-14/h10-11,14H,3-9,12H2,1-2H3. The van der Waals surface area contributed by atoms with Crippen molar-refractivity contribution in [2.75, 3.05) is 53.6 Å². The summed E-state index contributed by atoms with van der Waals surface area (Å²) in [5, 5.41) is 0. The third kappa shape index (κ3) is 4.27. The predicted octanol–water partition coefficient (Wildman–Crippen LogP) is 2.40. The number of carbonyl (C=O) groups excluding carboxylic acids is 1. The smallest absolute Gasteiger partial charge is 0.254 e. The Labute approximate surface area is 157 Å². The number of amides is 1. The molecule has 0 bridgehead atoms. The van der Waals surface area contributed by atoms with E-state index >= 15 is 0 Å². The second-order valence-corrected chi connectivity index (χ2v) is 7.22. The van der Waals surface area contributed by atoms with Gasteiger partial charge in [0.15, 0.2) is 0 Å². The number of rotatable bonds is 5. The van der Waals surface area contributed by atoms with Crippen molar-refractivity contribution in [3.05, 3.63) is 22.2 Å². The number of ether oxygens (including phenoxy) is 3. The van der Waals surface area contributed by atoms with E-state index in [9.17, 15) is 4.79 Å². The molecule has 0 N–H and O–H groups in total. The number of nitrogens with zero attached hydrogens (tertiary/aromatic N) is 2. The van der Waals surface area contributed by atoms with Crippen LogP contribution in [0.4, 0.5) is 0 Å². The van der Waals surface area contributed by atoms with Crippen LogP contribution in [0.3, 0.4) is 0 Å². The molecule has 0 saturated carbocycles. The van der Waals surface area contributed by atoms with Crippen LogP contribution >= 0.6 is 15.9 Å². The van der Waals surface area contributed by atoms with Crippen molar-refractivity contribution in [2.45, 2.75) is 18.9 Å². The predicted molar refractivity (Wildman–Crippen MR) is 98.6 cm³/mol. The largest absolute Gasteiger partial charge is 0.495 e. The van der Waals surface area contributed by atoms with Crippen LogP contribution in [-0.4, -0.2) is 75.4 Å². The first-order chi connectivity index (χ1) is 12.1. The molecule has 3 rings (SSSR count). The van der Waals surface area contributed by atoms with Gasteiger partial charge in [-0.05, 0) is 40.9 Å². The van der Waals surface area contributed by atoms with Gasteiger partial charge < -0.3 is 19.1 Å². The SMILES string of the molecule is COc1cc(C(=O)N2CCN(CC3CCCO3)CC2)cc(OC)c1Br. The van der Waals surface area contributed by atoms with E-state index in [0.717, 1.165) is 56.6 Å². The molecule has 25 heavy (non-hydrogen) atoms. The van der Waals surface area contributed by atoms with Gasteiger partial charge in [0.05, 0.1) is 20.3 Å². The average molecular weight is 413 g/mol. The van der Waals surface area contributed by atoms with Gasteiger partial charge in [-0.2, -0.15) is 0 Å². The zero-order chi connectivity index (χ0) is 17.8. The Balaban J connectivity index is 1.62. The quantitative estimate of drug-likeness (QED) is 0.742. The van der Waals surface area contributed by atoms with Gasteiger partial charge in [-0.1, -0.05) is 0 Å². The van der Waals surface area contributed by atoms with Crippen LogP contribution in [0.5, 0.6) is 11.5 Å². The molecule has 1 amide bonds. The van der Waals surface area contributed by atoms with Crippen molar-refractivity contribution in [3.63, 3.8) is 0 Å². The number of methoxy groups -OCH3 is 2. The normalized spacial score (nSPS) is 21.4. The van der Waals surface area contributed by atoms with Gasteiger partial charge in [-0.15, -0.1) is 0 Å². The van der Waals surface area contributed by atoms with E-state index in [0.29, 0.717) is 23.2 Å². The molecule has 2 saturated heterocycles. The lowest BCUT2D eigenvalue weighted by molar-refractivity contribution is 0.0432. The number of halogens is 1. The number of hydrogen-bond donors (Lipinski definition) is 0. The summed E-state index contributed by atoms with van der Waals surface area (Å²) < 4.78 is 17.1. The van der Waals surface area contributed by atoms with Crippen LogP contribution < -0.4 is 9.47 Å². The molecular formula is C18H25BrN2O4. The Morgan fingerprint density at radius 2 is 1.84 bits per heavy atom. The second-order valence-electron chi connectivity index (χ2n) is 6.42. The summed E-state index contributed by atoms with van der Waals surface area (Å²) >= 11 is 3.44. The van der Waals surface area contributed by atoms with Crippen LogP contribution in [0, 0.1) is 0 Å². The molecule has 2 fully saturated rings. The van der Waals surface area contributed by atoms with E-state index in [4.69, 9.17) is 14.2 Å². The maximum absolute atomic E-state index is 12.9. The van der Waals surface area contributed by atoms with Gasteiger partial charge in [0.2, 0.25) is 0 Å². The van der Waals surface area contributed by atoms with E-state index in [1.807, 2.05) is 4.90 Å². The molecule has 6 nitrogen and oxygen atoms in total. The topological polar surface area (TPSA) is 51.2 Å². The highest BCUT2D eigenvalue weighted by atomic mass is 79.9. The summed E-state index contributed by atoms with van der Waals surface area (Å²) in [6.07, 6.45) is 2.68. The maximum Gasteiger partial charge on any atom is 0.254 e. The van der Waals surface area contributed by atoms with Crippen LogP contribution in [0.15, 0.2) is 16.6 Å². The van der Waals surface area contributed by atoms with E-state index in [2.05, 4.69) is 20.8 Å². The fourth-order valence-electron chi connectivity index (χ4n) is 3.39. The van der Waals surface area contributed by atoms with Crippen molar-refractivity contribution in [2.24, 2.45) is 0 Å². The van der Waals surface area contributed by atoms with Crippen molar-refractivity contribution < 1.29 is 19.0 Å². The second kappa shape index (κ2) is 8.38. The van der Waals surface area contributed by atoms with E-state index in [1.165, 1.54) is 0 Å². The Kier molecular flexibility index (Phi) is 6.19. The van der Waals surface area contributed by atoms with Gasteiger partial charge in [0.25, 0.3) is 5.91 Å². The molecule has 2 aliphatic heterocycles. The van der Waals surface area contributed by atoms with Gasteiger partial charge in [0.1, 0.15) is 16.0 Å². The zero-order valence-corrected chi connectivity index (χ0v) is 16.4. The average Bonchev–Trinajstić information content (AvgIpc) is 3.15. The Hall–Kier alpha value is -1.31. The summed E-state index contributed by atoms with van der Waals surface area (Å²) in [5.41, 5.74) is 0.587. The molecule has 0 aliphatic carbocycles. The van der Waals surface area contributed by atoms with Crippen LogP contribution in [0.25, 0.3) is 0 Å². The van der Waals surface area contributed by atoms with E-state index in [-0.39, 0.29) is 5.91 Å². The van der Waals surface area contributed by atoms with Crippen molar-refractivity contribution in [1.29, 1.82) is 0 Å². The van der Waals surface area contributed by atoms with Gasteiger partial charge in [-0.25, -0.2) is 0 Å². The van der Waals surface area contributed by atoms with Crippen molar-refractivity contribution >= 4 is 21.8 Å². The summed E-state index contributed by atoms with van der Waals surface area (Å²) in [4.78, 5) is 17.1.